The first kappa shape index (κ1) is 25.1. The molecule has 0 amide bonds. The Morgan fingerprint density at radius 2 is 2.03 bits per heavy atom. The smallest absolute Gasteiger partial charge is 0.350 e. The van der Waals surface area contributed by atoms with Gasteiger partial charge in [-0.15, -0.1) is 0 Å². The van der Waals surface area contributed by atoms with Gasteiger partial charge in [-0.05, 0) is 31.9 Å². The molecule has 0 saturated carbocycles. The van der Waals surface area contributed by atoms with E-state index in [1.54, 1.807) is 13.8 Å². The van der Waals surface area contributed by atoms with E-state index in [0.717, 1.165) is 56.2 Å². The summed E-state index contributed by atoms with van der Waals surface area (Å²) < 4.78 is 5.16. The number of aromatic nitrogens is 3. The maximum atomic E-state index is 12.3. The molecule has 10 nitrogen and oxygen atoms in total. The zero-order valence-corrected chi connectivity index (χ0v) is 21.9. The van der Waals surface area contributed by atoms with E-state index in [0.29, 0.717) is 46.9 Å². The van der Waals surface area contributed by atoms with Crippen molar-refractivity contribution in [2.24, 2.45) is 0 Å². The van der Waals surface area contributed by atoms with Crippen molar-refractivity contribution in [1.29, 1.82) is 5.26 Å². The molecule has 0 spiro atoms. The van der Waals surface area contributed by atoms with Gasteiger partial charge in [-0.2, -0.15) is 10.2 Å². The molecule has 192 valence electrons. The molecule has 2 aromatic heterocycles. The molecule has 1 fully saturated rings. The van der Waals surface area contributed by atoms with Crippen molar-refractivity contribution >= 4 is 34.2 Å². The van der Waals surface area contributed by atoms with Gasteiger partial charge in [0.25, 0.3) is 0 Å². The van der Waals surface area contributed by atoms with Crippen LogP contribution in [0.5, 0.6) is 0 Å². The van der Waals surface area contributed by atoms with E-state index in [-0.39, 0.29) is 5.97 Å². The first-order chi connectivity index (χ1) is 18.1. The number of benzene rings is 1. The van der Waals surface area contributed by atoms with Crippen LogP contribution in [-0.4, -0.2) is 65.2 Å². The monoisotopic (exact) mass is 518 g/mol. The van der Waals surface area contributed by atoms with E-state index in [9.17, 15) is 10.1 Å². The summed E-state index contributed by atoms with van der Waals surface area (Å²) in [6.45, 7) is 9.70. The van der Waals surface area contributed by atoms with E-state index in [1.165, 1.54) is 16.9 Å². The molecule has 3 aromatic rings. The molecule has 1 aromatic carbocycles. The lowest BCUT2D eigenvalue weighted by atomic mass is 10.0. The second-order valence-corrected chi connectivity index (χ2v) is 10.0. The minimum atomic E-state index is -0.369. The average molecular weight is 519 g/mol. The largest absolute Gasteiger partial charge is 0.462 e. The number of anilines is 3. The van der Waals surface area contributed by atoms with Gasteiger partial charge in [-0.1, -0.05) is 29.5 Å². The van der Waals surface area contributed by atoms with Gasteiger partial charge >= 0.3 is 5.97 Å². The van der Waals surface area contributed by atoms with Crippen LogP contribution >= 0.6 is 11.3 Å². The van der Waals surface area contributed by atoms with E-state index in [1.807, 2.05) is 24.3 Å². The summed E-state index contributed by atoms with van der Waals surface area (Å²) in [5, 5.41) is 16.7. The number of nitrogens with zero attached hydrogens (tertiary/aromatic N) is 6. The predicted octanol–water partition coefficient (Wildman–Crippen LogP) is 3.00. The van der Waals surface area contributed by atoms with Crippen LogP contribution in [0.1, 0.15) is 44.7 Å². The molecule has 0 bridgehead atoms. The molecular weight excluding hydrogens is 488 g/mol. The fraction of sp³-hybridized carbons (Fsp3) is 0.423. The SMILES string of the molecule is CCOC(=O)c1sc(Nc2nc3c(c(N4CCNCC4)n2)CCN(Cc2ccccc2C#N)C3)nc1C. The van der Waals surface area contributed by atoms with Crippen molar-refractivity contribution in [2.75, 3.05) is 49.5 Å². The van der Waals surface area contributed by atoms with Crippen LogP contribution in [0.2, 0.25) is 0 Å². The van der Waals surface area contributed by atoms with Gasteiger partial charge in [0.05, 0.1) is 29.6 Å². The van der Waals surface area contributed by atoms with Gasteiger partial charge in [0.15, 0.2) is 5.13 Å². The number of piperazine rings is 1. The molecule has 1 saturated heterocycles. The summed E-state index contributed by atoms with van der Waals surface area (Å²) in [7, 11) is 0. The zero-order valence-electron chi connectivity index (χ0n) is 21.1. The minimum absolute atomic E-state index is 0.316. The Balaban J connectivity index is 1.44. The van der Waals surface area contributed by atoms with E-state index in [4.69, 9.17) is 14.7 Å². The average Bonchev–Trinajstić information content (AvgIpc) is 3.28. The third-order valence-electron chi connectivity index (χ3n) is 6.55. The molecule has 0 aliphatic carbocycles. The summed E-state index contributed by atoms with van der Waals surface area (Å²) in [5.41, 5.74) is 4.50. The van der Waals surface area contributed by atoms with Crippen molar-refractivity contribution < 1.29 is 9.53 Å². The maximum absolute atomic E-state index is 12.3. The topological polar surface area (TPSA) is 119 Å². The lowest BCUT2D eigenvalue weighted by molar-refractivity contribution is 0.0531. The van der Waals surface area contributed by atoms with Crippen LogP contribution in [0.15, 0.2) is 24.3 Å². The van der Waals surface area contributed by atoms with Crippen LogP contribution in [0.25, 0.3) is 0 Å². The van der Waals surface area contributed by atoms with Gasteiger partial charge in [0, 0.05) is 51.4 Å². The summed E-state index contributed by atoms with van der Waals surface area (Å²) in [6.07, 6.45) is 0.840. The zero-order chi connectivity index (χ0) is 25.8. The molecule has 5 rings (SSSR count). The highest BCUT2D eigenvalue weighted by Crippen LogP contribution is 2.31. The first-order valence-electron chi connectivity index (χ1n) is 12.5. The number of aryl methyl sites for hydroxylation is 1. The number of fused-ring (bicyclic) bond motifs is 1. The van der Waals surface area contributed by atoms with Crippen molar-refractivity contribution in [1.82, 2.24) is 25.2 Å². The summed E-state index contributed by atoms with van der Waals surface area (Å²) in [5.74, 6) is 1.06. The minimum Gasteiger partial charge on any atom is -0.462 e. The standard InChI is InChI=1S/C26H30N8O2S/c1-3-36-24(35)22-17(2)29-26(37-22)32-25-30-21-16-33(15-19-7-5-4-6-18(19)14-27)11-8-20(21)23(31-25)34-12-9-28-10-13-34/h4-7,28H,3,8-13,15-16H2,1-2H3,(H,29,30,31,32). The Bertz CT molecular complexity index is 1330. The molecule has 0 unspecified atom stereocenters. The predicted molar refractivity (Wildman–Crippen MR) is 142 cm³/mol. The molecule has 2 N–H and O–H groups in total. The van der Waals surface area contributed by atoms with Gasteiger partial charge in [0.1, 0.15) is 10.7 Å². The van der Waals surface area contributed by atoms with Crippen molar-refractivity contribution in [2.45, 2.75) is 33.4 Å². The number of carbonyl (C=O) groups is 1. The molecule has 2 aliphatic heterocycles. The van der Waals surface area contributed by atoms with Crippen molar-refractivity contribution in [3.8, 4) is 6.07 Å². The number of thiazole rings is 1. The van der Waals surface area contributed by atoms with E-state index < -0.39 is 0 Å². The highest BCUT2D eigenvalue weighted by atomic mass is 32.1. The molecule has 2 aliphatic rings. The van der Waals surface area contributed by atoms with Crippen LogP contribution in [0.3, 0.4) is 0 Å². The van der Waals surface area contributed by atoms with Crippen LogP contribution < -0.4 is 15.5 Å². The maximum Gasteiger partial charge on any atom is 0.350 e. The summed E-state index contributed by atoms with van der Waals surface area (Å²) in [6, 6.07) is 10.0. The molecule has 37 heavy (non-hydrogen) atoms. The van der Waals surface area contributed by atoms with Crippen LogP contribution in [-0.2, 0) is 24.2 Å². The lowest BCUT2D eigenvalue weighted by Crippen LogP contribution is -2.45. The number of nitrogens with one attached hydrogen (secondary N) is 2. The third kappa shape index (κ3) is 5.56. The lowest BCUT2D eigenvalue weighted by Gasteiger charge is -2.34. The molecule has 11 heteroatoms. The van der Waals surface area contributed by atoms with Crippen LogP contribution in [0, 0.1) is 18.3 Å². The number of carbonyl (C=O) groups excluding carboxylic acids is 1. The van der Waals surface area contributed by atoms with E-state index >= 15 is 0 Å². The number of nitriles is 1. The quantitative estimate of drug-likeness (QED) is 0.452. The van der Waals surface area contributed by atoms with Crippen molar-refractivity contribution in [3.05, 3.63) is 57.2 Å². The molecule has 0 atom stereocenters. The Morgan fingerprint density at radius 3 is 2.81 bits per heavy atom. The Morgan fingerprint density at radius 1 is 1.22 bits per heavy atom. The first-order valence-corrected chi connectivity index (χ1v) is 13.3. The van der Waals surface area contributed by atoms with Gasteiger partial charge in [-0.25, -0.2) is 14.8 Å². The van der Waals surface area contributed by atoms with Crippen LogP contribution in [0.4, 0.5) is 16.9 Å². The summed E-state index contributed by atoms with van der Waals surface area (Å²) >= 11 is 1.25. The second kappa shape index (κ2) is 11.2. The normalized spacial score (nSPS) is 15.6. The second-order valence-electron chi connectivity index (χ2n) is 9.04. The highest BCUT2D eigenvalue weighted by Gasteiger charge is 2.27. The fourth-order valence-electron chi connectivity index (χ4n) is 4.73. The van der Waals surface area contributed by atoms with Gasteiger partial charge in [-0.3, -0.25) is 10.2 Å². The van der Waals surface area contributed by atoms with Gasteiger partial charge < -0.3 is 15.0 Å². The third-order valence-corrected chi connectivity index (χ3v) is 7.60. The van der Waals surface area contributed by atoms with Crippen molar-refractivity contribution in [3.63, 3.8) is 0 Å². The molecular formula is C26H30N8O2S. The Kier molecular flexibility index (Phi) is 7.60. The number of hydrogen-bond acceptors (Lipinski definition) is 11. The molecule has 4 heterocycles. The summed E-state index contributed by atoms with van der Waals surface area (Å²) in [4.78, 5) is 31.7. The number of esters is 1. The fourth-order valence-corrected chi connectivity index (χ4v) is 5.59. The molecule has 0 radical (unpaired) electrons. The number of ether oxygens (including phenoxy) is 1. The van der Waals surface area contributed by atoms with Gasteiger partial charge in [0.2, 0.25) is 5.95 Å². The van der Waals surface area contributed by atoms with E-state index in [2.05, 4.69) is 31.5 Å². The number of hydrogen-bond donors (Lipinski definition) is 2. The number of rotatable bonds is 7. The Labute approximate surface area is 220 Å². The highest BCUT2D eigenvalue weighted by molar-refractivity contribution is 7.17. The Hall–Kier alpha value is -3.59.